The van der Waals surface area contributed by atoms with Gasteiger partial charge < -0.3 is 11.1 Å². The van der Waals surface area contributed by atoms with Gasteiger partial charge in [-0.3, -0.25) is 10.1 Å². The summed E-state index contributed by atoms with van der Waals surface area (Å²) >= 11 is 0. The summed E-state index contributed by atoms with van der Waals surface area (Å²) in [7, 11) is 0. The van der Waals surface area contributed by atoms with Crippen LogP contribution >= 0.6 is 0 Å². The van der Waals surface area contributed by atoms with E-state index in [9.17, 15) is 9.59 Å². The lowest BCUT2D eigenvalue weighted by Crippen LogP contribution is -2.42. The minimum Gasteiger partial charge on any atom is -0.351 e. The van der Waals surface area contributed by atoms with Crippen molar-refractivity contribution >= 4 is 11.9 Å². The van der Waals surface area contributed by atoms with Gasteiger partial charge in [-0.25, -0.2) is 4.79 Å². The third-order valence-electron chi connectivity index (χ3n) is 2.61. The Morgan fingerprint density at radius 1 is 1.24 bits per heavy atom. The summed E-state index contributed by atoms with van der Waals surface area (Å²) in [6, 6.07) is -0.806. The number of nitrogens with one attached hydrogen (secondary N) is 2. The second kappa shape index (κ2) is 8.06. The number of amides is 3. The SMILES string of the molecule is CCCCCC(C)(C)CNCC(=O)NC(N)=O. The van der Waals surface area contributed by atoms with Gasteiger partial charge in [0.1, 0.15) is 0 Å². The van der Waals surface area contributed by atoms with Gasteiger partial charge in [-0.15, -0.1) is 0 Å². The number of hydrogen-bond acceptors (Lipinski definition) is 3. The van der Waals surface area contributed by atoms with Gasteiger partial charge >= 0.3 is 6.03 Å². The summed E-state index contributed by atoms with van der Waals surface area (Å²) in [6.45, 7) is 7.39. The van der Waals surface area contributed by atoms with Gasteiger partial charge in [0.2, 0.25) is 5.91 Å². The molecule has 0 aliphatic carbocycles. The lowest BCUT2D eigenvalue weighted by molar-refractivity contribution is -0.119. The molecule has 0 rings (SSSR count). The summed E-state index contributed by atoms with van der Waals surface area (Å²) < 4.78 is 0. The van der Waals surface area contributed by atoms with Gasteiger partial charge in [-0.2, -0.15) is 0 Å². The first kappa shape index (κ1) is 15.9. The van der Waals surface area contributed by atoms with Gasteiger partial charge in [-0.1, -0.05) is 40.0 Å². The molecule has 0 aromatic heterocycles. The van der Waals surface area contributed by atoms with Crippen LogP contribution in [0.15, 0.2) is 0 Å². The highest BCUT2D eigenvalue weighted by Gasteiger charge is 2.17. The zero-order chi connectivity index (χ0) is 13.3. The maximum atomic E-state index is 11.1. The lowest BCUT2D eigenvalue weighted by Gasteiger charge is -2.24. The fourth-order valence-electron chi connectivity index (χ4n) is 1.64. The Morgan fingerprint density at radius 3 is 2.41 bits per heavy atom. The van der Waals surface area contributed by atoms with Crippen molar-refractivity contribution in [3.05, 3.63) is 0 Å². The molecule has 3 amide bonds. The number of carbonyl (C=O) groups is 2. The highest BCUT2D eigenvalue weighted by molar-refractivity contribution is 5.94. The molecule has 0 aliphatic rings. The van der Waals surface area contributed by atoms with Crippen LogP contribution in [0.1, 0.15) is 46.5 Å². The summed E-state index contributed by atoms with van der Waals surface area (Å²) in [5, 5.41) is 5.06. The van der Waals surface area contributed by atoms with Crippen LogP contribution in [0, 0.1) is 5.41 Å². The van der Waals surface area contributed by atoms with Crippen molar-refractivity contribution in [3.63, 3.8) is 0 Å². The number of rotatable bonds is 8. The molecule has 17 heavy (non-hydrogen) atoms. The molecule has 100 valence electrons. The van der Waals surface area contributed by atoms with Crippen LogP contribution < -0.4 is 16.4 Å². The lowest BCUT2D eigenvalue weighted by atomic mass is 9.87. The summed E-state index contributed by atoms with van der Waals surface area (Å²) in [6.07, 6.45) is 4.79. The first-order valence-electron chi connectivity index (χ1n) is 6.17. The van der Waals surface area contributed by atoms with Crippen LogP contribution in [-0.2, 0) is 4.79 Å². The second-order valence-corrected chi connectivity index (χ2v) is 5.14. The standard InChI is InChI=1S/C12H25N3O2/c1-4-5-6-7-12(2,3)9-14-8-10(16)15-11(13)17/h14H,4-9H2,1-3H3,(H3,13,15,16,17). The molecule has 0 saturated heterocycles. The highest BCUT2D eigenvalue weighted by atomic mass is 16.2. The fraction of sp³-hybridized carbons (Fsp3) is 0.833. The summed E-state index contributed by atoms with van der Waals surface area (Å²) in [5.74, 6) is -0.387. The third-order valence-corrected chi connectivity index (χ3v) is 2.61. The maximum Gasteiger partial charge on any atom is 0.318 e. The van der Waals surface area contributed by atoms with Crippen LogP contribution in [0.2, 0.25) is 0 Å². The maximum absolute atomic E-state index is 11.1. The molecule has 0 heterocycles. The number of primary amides is 1. The van der Waals surface area contributed by atoms with Gasteiger partial charge in [0.15, 0.2) is 0 Å². The average Bonchev–Trinajstić information content (AvgIpc) is 2.16. The van der Waals surface area contributed by atoms with E-state index in [0.717, 1.165) is 13.0 Å². The zero-order valence-corrected chi connectivity index (χ0v) is 11.1. The Balaban J connectivity index is 3.70. The monoisotopic (exact) mass is 243 g/mol. The molecule has 5 nitrogen and oxygen atoms in total. The van der Waals surface area contributed by atoms with E-state index in [1.165, 1.54) is 19.3 Å². The Labute approximate surface area is 104 Å². The van der Waals surface area contributed by atoms with E-state index < -0.39 is 6.03 Å². The van der Waals surface area contributed by atoms with Crippen molar-refractivity contribution in [2.75, 3.05) is 13.1 Å². The fourth-order valence-corrected chi connectivity index (χ4v) is 1.64. The molecule has 0 aromatic carbocycles. The third kappa shape index (κ3) is 9.81. The van der Waals surface area contributed by atoms with Gasteiger partial charge in [0, 0.05) is 6.54 Å². The van der Waals surface area contributed by atoms with E-state index in [1.807, 2.05) is 5.32 Å². The largest absolute Gasteiger partial charge is 0.351 e. The Bertz CT molecular complexity index is 252. The molecular formula is C12H25N3O2. The quantitative estimate of drug-likeness (QED) is 0.563. The molecule has 5 heteroatoms. The Kier molecular flexibility index (Phi) is 7.54. The van der Waals surface area contributed by atoms with Gasteiger partial charge in [0.25, 0.3) is 0 Å². The van der Waals surface area contributed by atoms with E-state index in [2.05, 4.69) is 26.1 Å². The molecule has 0 aliphatic heterocycles. The average molecular weight is 243 g/mol. The van der Waals surface area contributed by atoms with Gasteiger partial charge in [0.05, 0.1) is 6.54 Å². The molecule has 0 fully saturated rings. The summed E-state index contributed by atoms with van der Waals surface area (Å²) in [4.78, 5) is 21.5. The van der Waals surface area contributed by atoms with Gasteiger partial charge in [-0.05, 0) is 11.8 Å². The van der Waals surface area contributed by atoms with Crippen molar-refractivity contribution in [1.82, 2.24) is 10.6 Å². The number of urea groups is 1. The molecule has 0 aromatic rings. The van der Waals surface area contributed by atoms with Crippen molar-refractivity contribution in [2.45, 2.75) is 46.5 Å². The first-order chi connectivity index (χ1) is 7.87. The summed E-state index contributed by atoms with van der Waals surface area (Å²) in [5.41, 5.74) is 5.00. The van der Waals surface area contributed by atoms with E-state index in [-0.39, 0.29) is 17.9 Å². The second-order valence-electron chi connectivity index (χ2n) is 5.14. The predicted molar refractivity (Wildman–Crippen MR) is 68.5 cm³/mol. The number of hydrogen-bond donors (Lipinski definition) is 3. The van der Waals surface area contributed by atoms with Crippen molar-refractivity contribution in [1.29, 1.82) is 0 Å². The van der Waals surface area contributed by atoms with Crippen LogP contribution in [0.4, 0.5) is 4.79 Å². The van der Waals surface area contributed by atoms with Crippen molar-refractivity contribution < 1.29 is 9.59 Å². The Morgan fingerprint density at radius 2 is 1.88 bits per heavy atom. The topological polar surface area (TPSA) is 84.2 Å². The number of unbranched alkanes of at least 4 members (excludes halogenated alkanes) is 2. The number of carbonyl (C=O) groups excluding carboxylic acids is 2. The minimum atomic E-state index is -0.806. The normalized spacial score (nSPS) is 11.2. The van der Waals surface area contributed by atoms with Crippen LogP contribution in [0.25, 0.3) is 0 Å². The smallest absolute Gasteiger partial charge is 0.318 e. The molecule has 0 bridgehead atoms. The van der Waals surface area contributed by atoms with E-state index in [4.69, 9.17) is 5.73 Å². The van der Waals surface area contributed by atoms with Crippen LogP contribution in [0.5, 0.6) is 0 Å². The number of nitrogens with two attached hydrogens (primary N) is 1. The molecule has 0 atom stereocenters. The van der Waals surface area contributed by atoms with Crippen molar-refractivity contribution in [2.24, 2.45) is 11.1 Å². The van der Waals surface area contributed by atoms with E-state index >= 15 is 0 Å². The first-order valence-corrected chi connectivity index (χ1v) is 6.17. The molecule has 0 radical (unpaired) electrons. The van der Waals surface area contributed by atoms with Crippen LogP contribution in [0.3, 0.4) is 0 Å². The predicted octanol–water partition coefficient (Wildman–Crippen LogP) is 1.38. The number of imide groups is 1. The van der Waals surface area contributed by atoms with Crippen molar-refractivity contribution in [3.8, 4) is 0 Å². The van der Waals surface area contributed by atoms with E-state index in [0.29, 0.717) is 0 Å². The van der Waals surface area contributed by atoms with E-state index in [1.54, 1.807) is 0 Å². The minimum absolute atomic E-state index is 0.125. The Hall–Kier alpha value is -1.10. The zero-order valence-electron chi connectivity index (χ0n) is 11.1. The van der Waals surface area contributed by atoms with Crippen LogP contribution in [-0.4, -0.2) is 25.0 Å². The molecule has 0 unspecified atom stereocenters. The molecule has 0 spiro atoms. The molecular weight excluding hydrogens is 218 g/mol. The highest BCUT2D eigenvalue weighted by Crippen LogP contribution is 2.22. The molecule has 0 saturated carbocycles. The molecule has 4 N–H and O–H groups in total.